The molecule has 0 unspecified atom stereocenters. The van der Waals surface area contributed by atoms with E-state index in [0.29, 0.717) is 23.2 Å². The summed E-state index contributed by atoms with van der Waals surface area (Å²) in [5, 5.41) is 0.630. The lowest BCUT2D eigenvalue weighted by atomic mass is 9.78. The molecule has 2 rings (SSSR count). The first-order valence-corrected chi connectivity index (χ1v) is 8.57. The Hall–Kier alpha value is -0.280. The molecule has 2 aromatic carbocycles. The molecule has 0 aliphatic carbocycles. The highest BCUT2D eigenvalue weighted by Gasteiger charge is 2.32. The topological polar surface area (TPSA) is 0 Å². The summed E-state index contributed by atoms with van der Waals surface area (Å²) in [4.78, 5) is 0. The van der Waals surface area contributed by atoms with E-state index in [1.165, 1.54) is 12.1 Å². The Labute approximate surface area is 147 Å². The first-order chi connectivity index (χ1) is 10.0. The monoisotopic (exact) mass is 408 g/mol. The zero-order valence-corrected chi connectivity index (χ0v) is 14.9. The van der Waals surface area contributed by atoms with Gasteiger partial charge in [0.05, 0.1) is 0 Å². The summed E-state index contributed by atoms with van der Waals surface area (Å²) in [5.41, 5.74) is 1.29. The summed E-state index contributed by atoms with van der Waals surface area (Å²) in [5.74, 6) is 0.358. The highest BCUT2D eigenvalue weighted by Crippen LogP contribution is 2.35. The zero-order chi connectivity index (χ0) is 15.5. The highest BCUT2D eigenvalue weighted by molar-refractivity contribution is 9.10. The first kappa shape index (κ1) is 17.1. The van der Waals surface area contributed by atoms with Gasteiger partial charge in [-0.25, -0.2) is 4.39 Å². The summed E-state index contributed by atoms with van der Waals surface area (Å²) in [6, 6.07) is 12.1. The molecule has 0 heterocycles. The van der Waals surface area contributed by atoms with Crippen LogP contribution < -0.4 is 0 Å². The molecule has 0 radical (unpaired) electrons. The van der Waals surface area contributed by atoms with Crippen molar-refractivity contribution < 1.29 is 4.39 Å². The van der Waals surface area contributed by atoms with E-state index in [4.69, 9.17) is 34.8 Å². The van der Waals surface area contributed by atoms with Crippen LogP contribution in [0.5, 0.6) is 0 Å². The van der Waals surface area contributed by atoms with Gasteiger partial charge in [0, 0.05) is 26.7 Å². The van der Waals surface area contributed by atoms with Gasteiger partial charge in [-0.05, 0) is 47.9 Å². The van der Waals surface area contributed by atoms with Gasteiger partial charge in [0.2, 0.25) is 0 Å². The second-order valence-corrected chi connectivity index (χ2v) is 6.80. The van der Waals surface area contributed by atoms with Crippen LogP contribution in [0.25, 0.3) is 0 Å². The van der Waals surface area contributed by atoms with Crippen molar-refractivity contribution >= 4 is 50.7 Å². The molecule has 0 aromatic heterocycles. The van der Waals surface area contributed by atoms with Crippen LogP contribution in [-0.4, -0.2) is 11.8 Å². The lowest BCUT2D eigenvalue weighted by Crippen LogP contribution is -2.33. The fourth-order valence-electron chi connectivity index (χ4n) is 2.25. The van der Waals surface area contributed by atoms with Crippen LogP contribution in [0.15, 0.2) is 46.9 Å². The molecule has 0 saturated heterocycles. The minimum atomic E-state index is -0.496. The highest BCUT2D eigenvalue weighted by atomic mass is 79.9. The average molecular weight is 411 g/mol. The van der Waals surface area contributed by atoms with Gasteiger partial charge >= 0.3 is 0 Å². The minimum absolute atomic E-state index is 0.280. The second-order valence-electron chi connectivity index (χ2n) is 4.97. The molecule has 5 heteroatoms. The van der Waals surface area contributed by atoms with Crippen LogP contribution in [0.2, 0.25) is 5.02 Å². The molecule has 0 bridgehead atoms. The Morgan fingerprint density at radius 3 is 2.38 bits per heavy atom. The smallest absolute Gasteiger partial charge is 0.123 e. The van der Waals surface area contributed by atoms with Crippen LogP contribution in [0.4, 0.5) is 4.39 Å². The van der Waals surface area contributed by atoms with E-state index >= 15 is 0 Å². The molecule has 0 saturated carbocycles. The largest absolute Gasteiger partial charge is 0.207 e. The molecule has 0 aliphatic rings. The van der Waals surface area contributed by atoms with E-state index in [-0.39, 0.29) is 5.82 Å². The molecule has 0 aliphatic heterocycles. The lowest BCUT2D eigenvalue weighted by Gasteiger charge is -2.31. The van der Waals surface area contributed by atoms with Crippen LogP contribution in [0.3, 0.4) is 0 Å². The van der Waals surface area contributed by atoms with Gasteiger partial charge in [-0.1, -0.05) is 39.7 Å². The van der Waals surface area contributed by atoms with E-state index in [1.807, 2.05) is 18.2 Å². The van der Waals surface area contributed by atoms with Gasteiger partial charge in [0.25, 0.3) is 0 Å². The molecule has 21 heavy (non-hydrogen) atoms. The zero-order valence-electron chi connectivity index (χ0n) is 11.1. The maximum absolute atomic E-state index is 13.5. The third-order valence-electron chi connectivity index (χ3n) is 3.49. The van der Waals surface area contributed by atoms with E-state index in [0.717, 1.165) is 15.6 Å². The van der Waals surface area contributed by atoms with Crippen molar-refractivity contribution in [3.8, 4) is 0 Å². The van der Waals surface area contributed by atoms with Crippen molar-refractivity contribution in [2.45, 2.75) is 11.8 Å². The van der Waals surface area contributed by atoms with E-state index in [9.17, 15) is 4.39 Å². The van der Waals surface area contributed by atoms with Crippen molar-refractivity contribution in [1.29, 1.82) is 0 Å². The SMILES string of the molecule is Fc1ccc(Br)c(CC(CCl)(CCl)c2cccc(Cl)c2)c1. The summed E-state index contributed by atoms with van der Waals surface area (Å²) in [6.07, 6.45) is 0.526. The Morgan fingerprint density at radius 2 is 1.76 bits per heavy atom. The van der Waals surface area contributed by atoms with Gasteiger partial charge in [-0.2, -0.15) is 0 Å². The fraction of sp³-hybridized carbons (Fsp3) is 0.250. The molecule has 0 N–H and O–H groups in total. The Bertz CT molecular complexity index is 627. The summed E-state index contributed by atoms with van der Waals surface area (Å²) in [7, 11) is 0. The molecule has 0 nitrogen and oxygen atoms in total. The molecule has 0 spiro atoms. The van der Waals surface area contributed by atoms with Gasteiger partial charge in [0.15, 0.2) is 0 Å². The van der Waals surface area contributed by atoms with Crippen molar-refractivity contribution in [3.63, 3.8) is 0 Å². The second kappa shape index (κ2) is 7.32. The maximum Gasteiger partial charge on any atom is 0.123 e. The van der Waals surface area contributed by atoms with Crippen molar-refractivity contribution in [2.24, 2.45) is 0 Å². The molecular weight excluding hydrogens is 397 g/mol. The molecule has 2 aromatic rings. The number of alkyl halides is 2. The van der Waals surface area contributed by atoms with E-state index in [1.54, 1.807) is 12.1 Å². The van der Waals surface area contributed by atoms with Crippen molar-refractivity contribution in [1.82, 2.24) is 0 Å². The third-order valence-corrected chi connectivity index (χ3v) is 5.52. The standard InChI is InChI=1S/C16H13BrCl3F/c17-15-5-4-14(21)6-11(15)8-16(9-18,10-19)12-2-1-3-13(20)7-12/h1-7H,8-10H2. The summed E-state index contributed by atoms with van der Waals surface area (Å²) < 4.78 is 14.3. The number of halogens is 5. The number of benzene rings is 2. The normalized spacial score (nSPS) is 11.7. The van der Waals surface area contributed by atoms with Crippen molar-refractivity contribution in [2.75, 3.05) is 11.8 Å². The predicted octanol–water partition coefficient (Wildman–Crippen LogP) is 6.20. The van der Waals surface area contributed by atoms with Crippen LogP contribution in [0, 0.1) is 5.82 Å². The van der Waals surface area contributed by atoms with Gasteiger partial charge in [-0.3, -0.25) is 0 Å². The lowest BCUT2D eigenvalue weighted by molar-refractivity contribution is 0.531. The number of hydrogen-bond acceptors (Lipinski definition) is 0. The van der Waals surface area contributed by atoms with Gasteiger partial charge in [-0.15, -0.1) is 23.2 Å². The molecule has 0 atom stereocenters. The van der Waals surface area contributed by atoms with Gasteiger partial charge in [0.1, 0.15) is 5.82 Å². The Balaban J connectivity index is 2.45. The first-order valence-electron chi connectivity index (χ1n) is 6.33. The Morgan fingerprint density at radius 1 is 1.05 bits per heavy atom. The molecule has 0 amide bonds. The molecular formula is C16H13BrCl3F. The molecule has 112 valence electrons. The minimum Gasteiger partial charge on any atom is -0.207 e. The maximum atomic E-state index is 13.5. The number of rotatable bonds is 5. The predicted molar refractivity (Wildman–Crippen MR) is 92.4 cm³/mol. The van der Waals surface area contributed by atoms with E-state index < -0.39 is 5.41 Å². The average Bonchev–Trinajstić information content (AvgIpc) is 2.48. The number of hydrogen-bond donors (Lipinski definition) is 0. The van der Waals surface area contributed by atoms with Crippen LogP contribution >= 0.6 is 50.7 Å². The van der Waals surface area contributed by atoms with Crippen LogP contribution in [-0.2, 0) is 11.8 Å². The van der Waals surface area contributed by atoms with E-state index in [2.05, 4.69) is 15.9 Å². The fourth-order valence-corrected chi connectivity index (χ4v) is 3.61. The Kier molecular flexibility index (Phi) is 5.96. The molecule has 0 fully saturated rings. The van der Waals surface area contributed by atoms with Crippen LogP contribution in [0.1, 0.15) is 11.1 Å². The van der Waals surface area contributed by atoms with Crippen molar-refractivity contribution in [3.05, 3.63) is 68.9 Å². The third kappa shape index (κ3) is 3.92. The summed E-state index contributed by atoms with van der Waals surface area (Å²) in [6.45, 7) is 0. The summed E-state index contributed by atoms with van der Waals surface area (Å²) >= 11 is 22.0. The van der Waals surface area contributed by atoms with Gasteiger partial charge < -0.3 is 0 Å². The quantitative estimate of drug-likeness (QED) is 0.515.